The van der Waals surface area contributed by atoms with Gasteiger partial charge >= 0.3 is 0 Å². The average molecular weight is 544 g/mol. The second-order valence-electron chi connectivity index (χ2n) is 7.12. The maximum absolute atomic E-state index is 13.0. The minimum Gasteiger partial charge on any atom is -0.493 e. The third kappa shape index (κ3) is 8.53. The molecular weight excluding hydrogens is 510 g/mol. The van der Waals surface area contributed by atoms with E-state index in [-0.39, 0.29) is 35.8 Å². The summed E-state index contributed by atoms with van der Waals surface area (Å²) >= 11 is 0. The number of likely N-dealkylation sites (N-methyl/N-ethyl adjacent to an activating group) is 1. The fraction of sp³-hybridized carbons (Fsp3) is 0.435. The van der Waals surface area contributed by atoms with Gasteiger partial charge in [-0.25, -0.2) is 4.39 Å². The highest BCUT2D eigenvalue weighted by atomic mass is 127. The molecule has 0 spiro atoms. The van der Waals surface area contributed by atoms with Crippen LogP contribution in [0.25, 0.3) is 0 Å². The summed E-state index contributed by atoms with van der Waals surface area (Å²) < 4.78 is 23.8. The van der Waals surface area contributed by atoms with E-state index < -0.39 is 0 Å². The highest BCUT2D eigenvalue weighted by Crippen LogP contribution is 2.31. The van der Waals surface area contributed by atoms with Gasteiger partial charge in [0.15, 0.2) is 17.5 Å². The quantitative estimate of drug-likeness (QED) is 0.271. The minimum atomic E-state index is -0.216. The Labute approximate surface area is 202 Å². The van der Waals surface area contributed by atoms with Crippen molar-refractivity contribution in [1.82, 2.24) is 15.5 Å². The second-order valence-corrected chi connectivity index (χ2v) is 7.12. The smallest absolute Gasteiger partial charge is 0.191 e. The van der Waals surface area contributed by atoms with Crippen molar-refractivity contribution in [2.45, 2.75) is 19.4 Å². The second kappa shape index (κ2) is 14.1. The van der Waals surface area contributed by atoms with Gasteiger partial charge < -0.3 is 25.0 Å². The summed E-state index contributed by atoms with van der Waals surface area (Å²) in [7, 11) is 7.34. The molecule has 0 heterocycles. The van der Waals surface area contributed by atoms with Gasteiger partial charge in [0.1, 0.15) is 5.82 Å². The van der Waals surface area contributed by atoms with Crippen molar-refractivity contribution in [2.75, 3.05) is 47.9 Å². The maximum Gasteiger partial charge on any atom is 0.191 e. The van der Waals surface area contributed by atoms with Crippen LogP contribution in [-0.4, -0.2) is 58.8 Å². The first-order chi connectivity index (χ1) is 14.5. The summed E-state index contributed by atoms with van der Waals surface area (Å²) in [4.78, 5) is 6.91. The molecule has 1 atom stereocenters. The van der Waals surface area contributed by atoms with Crippen molar-refractivity contribution < 1.29 is 13.9 Å². The van der Waals surface area contributed by atoms with Gasteiger partial charge in [-0.3, -0.25) is 4.99 Å². The van der Waals surface area contributed by atoms with Crippen LogP contribution in [0.5, 0.6) is 11.5 Å². The summed E-state index contributed by atoms with van der Waals surface area (Å²) in [6.45, 7) is 4.09. The fourth-order valence-corrected chi connectivity index (χ4v) is 3.12. The fourth-order valence-electron chi connectivity index (χ4n) is 3.12. The molecule has 0 radical (unpaired) electrons. The minimum absolute atomic E-state index is 0. The molecule has 0 saturated carbocycles. The number of hydrogen-bond acceptors (Lipinski definition) is 4. The van der Waals surface area contributed by atoms with Crippen LogP contribution < -0.4 is 20.1 Å². The Kier molecular flexibility index (Phi) is 12.2. The lowest BCUT2D eigenvalue weighted by molar-refractivity contribution is 0.303. The molecule has 2 aromatic carbocycles. The predicted octanol–water partition coefficient (Wildman–Crippen LogP) is 3.86. The van der Waals surface area contributed by atoms with Gasteiger partial charge in [0.25, 0.3) is 0 Å². The summed E-state index contributed by atoms with van der Waals surface area (Å²) in [6.07, 6.45) is 0.789. The molecular formula is C23H34FIN4O2. The highest BCUT2D eigenvalue weighted by Gasteiger charge is 2.16. The summed E-state index contributed by atoms with van der Waals surface area (Å²) in [6, 6.07) is 12.6. The first-order valence-corrected chi connectivity index (χ1v) is 10.1. The van der Waals surface area contributed by atoms with Crippen LogP contribution in [0.2, 0.25) is 0 Å². The van der Waals surface area contributed by atoms with Crippen molar-refractivity contribution in [1.29, 1.82) is 0 Å². The van der Waals surface area contributed by atoms with Crippen LogP contribution in [0.4, 0.5) is 4.39 Å². The molecule has 31 heavy (non-hydrogen) atoms. The zero-order valence-corrected chi connectivity index (χ0v) is 21.3. The molecule has 2 rings (SSSR count). The van der Waals surface area contributed by atoms with Crippen molar-refractivity contribution in [3.63, 3.8) is 0 Å². The van der Waals surface area contributed by atoms with Crippen LogP contribution in [0.15, 0.2) is 47.5 Å². The molecule has 0 amide bonds. The molecule has 8 heteroatoms. The molecule has 0 aliphatic rings. The Morgan fingerprint density at radius 2 is 1.71 bits per heavy atom. The van der Waals surface area contributed by atoms with Gasteiger partial charge in [-0.05, 0) is 62.8 Å². The summed E-state index contributed by atoms with van der Waals surface area (Å²) in [5, 5.41) is 6.63. The highest BCUT2D eigenvalue weighted by molar-refractivity contribution is 14.0. The Balaban J connectivity index is 0.00000480. The van der Waals surface area contributed by atoms with E-state index in [1.807, 2.05) is 39.2 Å². The Hall–Kier alpha value is -2.07. The normalized spacial score (nSPS) is 12.2. The van der Waals surface area contributed by atoms with E-state index in [0.717, 1.165) is 30.1 Å². The third-order valence-corrected chi connectivity index (χ3v) is 4.80. The zero-order chi connectivity index (χ0) is 21.9. The number of aliphatic imine (C=N–C) groups is 1. The molecule has 0 bridgehead atoms. The van der Waals surface area contributed by atoms with Crippen molar-refractivity contribution in [2.24, 2.45) is 4.99 Å². The van der Waals surface area contributed by atoms with Gasteiger partial charge in [0, 0.05) is 13.1 Å². The summed E-state index contributed by atoms with van der Waals surface area (Å²) in [5.41, 5.74) is 2.18. The Morgan fingerprint density at radius 3 is 2.29 bits per heavy atom. The number of halogens is 2. The molecule has 0 aliphatic heterocycles. The standard InChI is InChI=1S/C23H33FN4O2.HI/c1-6-25-23(26-14-13-17-7-10-19(24)11-8-17)27-16-20(28(2)3)18-9-12-21(29-4)22(15-18)30-5;/h7-12,15,20H,6,13-14,16H2,1-5H3,(H2,25,26,27);1H. The molecule has 0 saturated heterocycles. The zero-order valence-electron chi connectivity index (χ0n) is 18.9. The SMILES string of the molecule is CCNC(=NCC(c1ccc(OC)c(OC)c1)N(C)C)NCCc1ccc(F)cc1.I. The number of hydrogen-bond donors (Lipinski definition) is 2. The predicted molar refractivity (Wildman–Crippen MR) is 135 cm³/mol. The molecule has 0 fully saturated rings. The lowest BCUT2D eigenvalue weighted by Crippen LogP contribution is -2.39. The number of nitrogens with one attached hydrogen (secondary N) is 2. The monoisotopic (exact) mass is 544 g/mol. The van der Waals surface area contributed by atoms with Crippen LogP contribution >= 0.6 is 24.0 Å². The van der Waals surface area contributed by atoms with Gasteiger partial charge in [0.05, 0.1) is 26.8 Å². The molecule has 6 nitrogen and oxygen atoms in total. The molecule has 2 N–H and O–H groups in total. The third-order valence-electron chi connectivity index (χ3n) is 4.80. The number of benzene rings is 2. The van der Waals surface area contributed by atoms with E-state index in [2.05, 4.69) is 15.5 Å². The van der Waals surface area contributed by atoms with E-state index in [0.29, 0.717) is 24.6 Å². The summed E-state index contributed by atoms with van der Waals surface area (Å²) in [5.74, 6) is 1.95. The first-order valence-electron chi connectivity index (χ1n) is 10.1. The van der Waals surface area contributed by atoms with E-state index in [1.165, 1.54) is 12.1 Å². The number of nitrogens with zero attached hydrogens (tertiary/aromatic N) is 2. The Bertz CT molecular complexity index is 816. The number of ether oxygens (including phenoxy) is 2. The maximum atomic E-state index is 13.0. The largest absolute Gasteiger partial charge is 0.493 e. The molecule has 0 aromatic heterocycles. The van der Waals surface area contributed by atoms with Crippen LogP contribution in [-0.2, 0) is 6.42 Å². The van der Waals surface area contributed by atoms with Gasteiger partial charge in [0.2, 0.25) is 0 Å². The molecule has 0 aliphatic carbocycles. The first kappa shape index (κ1) is 27.0. The Morgan fingerprint density at radius 1 is 1.03 bits per heavy atom. The van der Waals surface area contributed by atoms with Gasteiger partial charge in [-0.1, -0.05) is 18.2 Å². The van der Waals surface area contributed by atoms with Crippen LogP contribution in [0, 0.1) is 5.82 Å². The van der Waals surface area contributed by atoms with Crippen molar-refractivity contribution in [3.05, 3.63) is 59.4 Å². The van der Waals surface area contributed by atoms with Crippen molar-refractivity contribution in [3.8, 4) is 11.5 Å². The molecule has 2 aromatic rings. The number of guanidine groups is 1. The van der Waals surface area contributed by atoms with E-state index >= 15 is 0 Å². The van der Waals surface area contributed by atoms with E-state index in [4.69, 9.17) is 14.5 Å². The topological polar surface area (TPSA) is 58.1 Å². The lowest BCUT2D eigenvalue weighted by Gasteiger charge is -2.24. The molecule has 1 unspecified atom stereocenters. The lowest BCUT2D eigenvalue weighted by atomic mass is 10.1. The number of methoxy groups -OCH3 is 2. The van der Waals surface area contributed by atoms with E-state index in [9.17, 15) is 4.39 Å². The van der Waals surface area contributed by atoms with Crippen LogP contribution in [0.3, 0.4) is 0 Å². The number of rotatable bonds is 10. The van der Waals surface area contributed by atoms with E-state index in [1.54, 1.807) is 26.4 Å². The van der Waals surface area contributed by atoms with Crippen LogP contribution in [0.1, 0.15) is 24.1 Å². The average Bonchev–Trinajstić information content (AvgIpc) is 2.74. The van der Waals surface area contributed by atoms with Gasteiger partial charge in [-0.15, -0.1) is 24.0 Å². The van der Waals surface area contributed by atoms with Crippen molar-refractivity contribution >= 4 is 29.9 Å². The van der Waals surface area contributed by atoms with Gasteiger partial charge in [-0.2, -0.15) is 0 Å². The molecule has 172 valence electrons.